The fraction of sp³-hybridized carbons (Fsp3) is 0.400. The van der Waals surface area contributed by atoms with Gasteiger partial charge in [-0.05, 0) is 47.2 Å². The molecule has 2 aromatic rings. The van der Waals surface area contributed by atoms with Gasteiger partial charge in [0, 0.05) is 30.8 Å². The van der Waals surface area contributed by atoms with E-state index in [-0.39, 0.29) is 12.5 Å². The number of carbonyl (C=O) groups excluding carboxylic acids is 1. The van der Waals surface area contributed by atoms with Crippen LogP contribution in [-0.2, 0) is 4.79 Å². The Labute approximate surface area is 204 Å². The van der Waals surface area contributed by atoms with Crippen LogP contribution in [0.5, 0.6) is 0 Å². The summed E-state index contributed by atoms with van der Waals surface area (Å²) in [6.07, 6.45) is 3.57. The number of benzene rings is 2. The molecular weight excluding hydrogens is 446 g/mol. The highest BCUT2D eigenvalue weighted by atomic mass is 16.3. The lowest BCUT2D eigenvalue weighted by molar-refractivity contribution is -0.127. The van der Waals surface area contributed by atoms with Crippen LogP contribution in [0.1, 0.15) is 50.3 Å². The van der Waals surface area contributed by atoms with Gasteiger partial charge in [-0.3, -0.25) is 4.79 Å². The topological polar surface area (TPSA) is 142 Å². The number of nitrogens with one attached hydrogen (secondary N) is 1. The first-order chi connectivity index (χ1) is 17.0. The number of nitroso groups, excluding NO2 is 2. The molecule has 2 atom stereocenters. The lowest BCUT2D eigenvalue weighted by atomic mass is 9.98. The smallest absolute Gasteiger partial charge is 0.249 e. The maximum absolute atomic E-state index is 13.3. The predicted octanol–water partition coefficient (Wildman–Crippen LogP) is 5.43. The summed E-state index contributed by atoms with van der Waals surface area (Å²) < 4.78 is 0. The van der Waals surface area contributed by atoms with Crippen molar-refractivity contribution < 1.29 is 4.79 Å². The SMILES string of the molecule is CCCN(CCC)C(=O)C1=Cc2ccc(-c3ccc(C(CN=O)N=O)cc3)cc2NC(N=NN)C1. The van der Waals surface area contributed by atoms with E-state index in [1.807, 2.05) is 41.3 Å². The number of amides is 1. The first-order valence-corrected chi connectivity index (χ1v) is 11.8. The number of hydrogen-bond acceptors (Lipinski definition) is 8. The lowest BCUT2D eigenvalue weighted by Crippen LogP contribution is -2.34. The molecular formula is C25H31N7O3. The Morgan fingerprint density at radius 3 is 2.37 bits per heavy atom. The number of nitrogens with two attached hydrogens (primary N) is 1. The average molecular weight is 478 g/mol. The zero-order chi connectivity index (χ0) is 25.2. The Morgan fingerprint density at radius 2 is 1.77 bits per heavy atom. The van der Waals surface area contributed by atoms with Crippen molar-refractivity contribution in [2.24, 2.45) is 26.5 Å². The van der Waals surface area contributed by atoms with Crippen molar-refractivity contribution in [2.45, 2.75) is 45.3 Å². The molecule has 35 heavy (non-hydrogen) atoms. The lowest BCUT2D eigenvalue weighted by Gasteiger charge is -2.23. The molecule has 0 bridgehead atoms. The fourth-order valence-electron chi connectivity index (χ4n) is 4.20. The van der Waals surface area contributed by atoms with Gasteiger partial charge >= 0.3 is 0 Å². The summed E-state index contributed by atoms with van der Waals surface area (Å²) in [6.45, 7) is 5.33. The van der Waals surface area contributed by atoms with Crippen LogP contribution in [-0.4, -0.2) is 36.6 Å². The quantitative estimate of drug-likeness (QED) is 0.192. The van der Waals surface area contributed by atoms with E-state index in [1.165, 1.54) is 0 Å². The van der Waals surface area contributed by atoms with E-state index in [0.717, 1.165) is 35.2 Å². The molecule has 0 aromatic heterocycles. The second-order valence-corrected chi connectivity index (χ2v) is 8.41. The Morgan fingerprint density at radius 1 is 1.09 bits per heavy atom. The first kappa shape index (κ1) is 25.7. The molecule has 1 heterocycles. The van der Waals surface area contributed by atoms with Gasteiger partial charge in [-0.15, -0.1) is 5.11 Å². The standard InChI is InChI=1S/C25H31N7O3/c1-3-11-32(12-4-2)25(33)21-13-20-10-9-19(14-22(20)28-24(15-21)29-31-26)17-5-7-18(8-6-17)23(30-35)16-27-34/h5-10,13-14,23-24,28H,3-4,11-12,15-16H2,1-2H3,(H2,26,29). The van der Waals surface area contributed by atoms with Crippen LogP contribution in [0.25, 0.3) is 17.2 Å². The van der Waals surface area contributed by atoms with Gasteiger partial charge in [0.05, 0.1) is 0 Å². The van der Waals surface area contributed by atoms with Gasteiger partial charge in [0.15, 0.2) is 0 Å². The molecule has 184 valence electrons. The van der Waals surface area contributed by atoms with Crippen molar-refractivity contribution in [1.29, 1.82) is 0 Å². The average Bonchev–Trinajstić information content (AvgIpc) is 3.05. The molecule has 1 aliphatic rings. The van der Waals surface area contributed by atoms with Gasteiger partial charge in [-0.2, -0.15) is 9.81 Å². The Balaban J connectivity index is 1.94. The number of rotatable bonds is 11. The molecule has 0 fully saturated rings. The van der Waals surface area contributed by atoms with Crippen molar-refractivity contribution in [3.05, 3.63) is 69.0 Å². The number of anilines is 1. The molecule has 0 saturated carbocycles. The second kappa shape index (κ2) is 12.5. The molecule has 0 saturated heterocycles. The number of hydrogen-bond donors (Lipinski definition) is 2. The summed E-state index contributed by atoms with van der Waals surface area (Å²) in [5.74, 6) is 5.35. The largest absolute Gasteiger partial charge is 0.361 e. The van der Waals surface area contributed by atoms with Gasteiger partial charge in [0.25, 0.3) is 0 Å². The summed E-state index contributed by atoms with van der Waals surface area (Å²) in [5.41, 5.74) is 4.82. The highest BCUT2D eigenvalue weighted by molar-refractivity contribution is 5.99. The monoisotopic (exact) mass is 477 g/mol. The number of carbonyl (C=O) groups is 1. The highest BCUT2D eigenvalue weighted by Crippen LogP contribution is 2.32. The molecule has 1 aliphatic heterocycles. The summed E-state index contributed by atoms with van der Waals surface area (Å²) in [4.78, 5) is 36.7. The van der Waals surface area contributed by atoms with Crippen LogP contribution in [0.4, 0.5) is 5.69 Å². The summed E-state index contributed by atoms with van der Waals surface area (Å²) >= 11 is 0. The number of fused-ring (bicyclic) bond motifs is 1. The van der Waals surface area contributed by atoms with E-state index >= 15 is 0 Å². The zero-order valence-corrected chi connectivity index (χ0v) is 20.1. The molecule has 0 radical (unpaired) electrons. The van der Waals surface area contributed by atoms with E-state index in [4.69, 9.17) is 5.84 Å². The number of nitrogens with zero attached hydrogens (tertiary/aromatic N) is 5. The molecule has 1 amide bonds. The molecule has 0 spiro atoms. The third-order valence-electron chi connectivity index (χ3n) is 5.88. The van der Waals surface area contributed by atoms with Crippen molar-refractivity contribution in [2.75, 3.05) is 25.0 Å². The fourth-order valence-corrected chi connectivity index (χ4v) is 4.20. The van der Waals surface area contributed by atoms with E-state index in [9.17, 15) is 14.6 Å². The minimum absolute atomic E-state index is 0.00314. The summed E-state index contributed by atoms with van der Waals surface area (Å²) in [7, 11) is 0. The van der Waals surface area contributed by atoms with Crippen LogP contribution in [0.3, 0.4) is 0 Å². The van der Waals surface area contributed by atoms with E-state index in [0.29, 0.717) is 30.6 Å². The van der Waals surface area contributed by atoms with Gasteiger partial charge in [0.1, 0.15) is 18.8 Å². The molecule has 3 rings (SSSR count). The Bertz CT molecular complexity index is 1090. The van der Waals surface area contributed by atoms with Gasteiger partial charge < -0.3 is 16.1 Å². The zero-order valence-electron chi connectivity index (χ0n) is 20.1. The van der Waals surface area contributed by atoms with Crippen LogP contribution >= 0.6 is 0 Å². The van der Waals surface area contributed by atoms with E-state index < -0.39 is 12.2 Å². The summed E-state index contributed by atoms with van der Waals surface area (Å²) in [6, 6.07) is 12.4. The van der Waals surface area contributed by atoms with Crippen molar-refractivity contribution >= 4 is 17.7 Å². The summed E-state index contributed by atoms with van der Waals surface area (Å²) in [5, 5.41) is 16.7. The van der Waals surface area contributed by atoms with Crippen molar-refractivity contribution in [3.63, 3.8) is 0 Å². The van der Waals surface area contributed by atoms with Crippen molar-refractivity contribution in [1.82, 2.24) is 4.90 Å². The Kier molecular flexibility index (Phi) is 9.16. The molecule has 2 unspecified atom stereocenters. The van der Waals surface area contributed by atoms with Crippen LogP contribution in [0, 0.1) is 9.81 Å². The predicted molar refractivity (Wildman–Crippen MR) is 137 cm³/mol. The third-order valence-corrected chi connectivity index (χ3v) is 5.88. The molecule has 2 aromatic carbocycles. The minimum Gasteiger partial charge on any atom is -0.361 e. The van der Waals surface area contributed by atoms with Gasteiger partial charge in [-0.1, -0.05) is 65.8 Å². The molecule has 10 nitrogen and oxygen atoms in total. The highest BCUT2D eigenvalue weighted by Gasteiger charge is 2.24. The third kappa shape index (κ3) is 6.34. The van der Waals surface area contributed by atoms with Crippen molar-refractivity contribution in [3.8, 4) is 11.1 Å². The van der Waals surface area contributed by atoms with Crippen LogP contribution in [0.2, 0.25) is 0 Å². The maximum atomic E-state index is 13.3. The van der Waals surface area contributed by atoms with Gasteiger partial charge in [-0.25, -0.2) is 0 Å². The Hall–Kier alpha value is -3.95. The normalized spacial score (nSPS) is 15.9. The van der Waals surface area contributed by atoms with E-state index in [2.05, 4.69) is 39.9 Å². The molecule has 3 N–H and O–H groups in total. The van der Waals surface area contributed by atoms with Crippen LogP contribution in [0.15, 0.2) is 68.7 Å². The second-order valence-electron chi connectivity index (χ2n) is 8.41. The molecule has 10 heteroatoms. The molecule has 0 aliphatic carbocycles. The first-order valence-electron chi connectivity index (χ1n) is 11.8. The van der Waals surface area contributed by atoms with Crippen LogP contribution < -0.4 is 11.2 Å². The van der Waals surface area contributed by atoms with Gasteiger partial charge in [0.2, 0.25) is 5.91 Å². The van der Waals surface area contributed by atoms with E-state index in [1.54, 1.807) is 12.1 Å². The minimum atomic E-state index is -0.793. The maximum Gasteiger partial charge on any atom is 0.249 e.